The van der Waals surface area contributed by atoms with Crippen molar-refractivity contribution in [2.75, 3.05) is 12.4 Å². The number of methoxy groups -OCH3 is 1. The Labute approximate surface area is 207 Å². The second-order valence-electron chi connectivity index (χ2n) is 8.78. The molecule has 3 N–H and O–H groups in total. The summed E-state index contributed by atoms with van der Waals surface area (Å²) in [7, 11) is 1.69. The van der Waals surface area contributed by atoms with Gasteiger partial charge in [0, 0.05) is 24.8 Å². The fraction of sp³-hybridized carbons (Fsp3) is 0.308. The summed E-state index contributed by atoms with van der Waals surface area (Å²) >= 11 is 0.884. The fourth-order valence-electron chi connectivity index (χ4n) is 4.47. The van der Waals surface area contributed by atoms with E-state index >= 15 is 0 Å². The quantitative estimate of drug-likeness (QED) is 0.418. The van der Waals surface area contributed by atoms with Gasteiger partial charge in [-0.3, -0.25) is 14.9 Å². The average Bonchev–Trinajstić information content (AvgIpc) is 3.19. The van der Waals surface area contributed by atoms with Crippen molar-refractivity contribution in [3.63, 3.8) is 0 Å². The minimum atomic E-state index is -0.386. The Morgan fingerprint density at radius 3 is 2.60 bits per heavy atom. The van der Waals surface area contributed by atoms with Crippen LogP contribution in [0.3, 0.4) is 0 Å². The molecule has 2 aliphatic rings. The molecule has 0 unspecified atom stereocenters. The van der Waals surface area contributed by atoms with E-state index < -0.39 is 0 Å². The standard InChI is InChI=1S/C26H27N5O3S/c1-34-22-9-4-17-12-16(2-3-18(17)13-22)15-28-19-5-7-20(8-6-19)29-25-27-11-10-21(30-25)14-23-24(32)31-26(33)35-23/h2-4,9-14,19-20,28H,5-8,15H2,1H3,(H,27,29,30)(H,31,32,33)/b23-14+. The number of ether oxygens (including phenoxy) is 1. The molecule has 1 aromatic heterocycles. The number of nitrogens with one attached hydrogen (secondary N) is 3. The average molecular weight is 490 g/mol. The second-order valence-corrected chi connectivity index (χ2v) is 9.79. The molecule has 2 fully saturated rings. The summed E-state index contributed by atoms with van der Waals surface area (Å²) in [6, 6.07) is 15.2. The predicted octanol–water partition coefficient (Wildman–Crippen LogP) is 4.48. The Morgan fingerprint density at radius 2 is 1.83 bits per heavy atom. The maximum atomic E-state index is 11.8. The summed E-state index contributed by atoms with van der Waals surface area (Å²) < 4.78 is 5.31. The highest BCUT2D eigenvalue weighted by molar-refractivity contribution is 8.18. The first-order chi connectivity index (χ1) is 17.1. The number of hydrogen-bond donors (Lipinski definition) is 3. The number of fused-ring (bicyclic) bond motifs is 1. The van der Waals surface area contributed by atoms with E-state index in [-0.39, 0.29) is 11.1 Å². The monoisotopic (exact) mass is 489 g/mol. The molecule has 2 aromatic carbocycles. The first kappa shape index (κ1) is 23.3. The lowest BCUT2D eigenvalue weighted by Gasteiger charge is -2.30. The zero-order valence-electron chi connectivity index (χ0n) is 19.4. The third-order valence-corrected chi connectivity index (χ3v) is 7.18. The van der Waals surface area contributed by atoms with Crippen molar-refractivity contribution >= 4 is 45.7 Å². The van der Waals surface area contributed by atoms with Gasteiger partial charge in [0.2, 0.25) is 5.95 Å². The Balaban J connectivity index is 1.11. The zero-order chi connectivity index (χ0) is 24.2. The summed E-state index contributed by atoms with van der Waals surface area (Å²) in [5.41, 5.74) is 1.87. The van der Waals surface area contributed by atoms with Gasteiger partial charge in [0.25, 0.3) is 11.1 Å². The topological polar surface area (TPSA) is 105 Å². The van der Waals surface area contributed by atoms with E-state index in [0.29, 0.717) is 28.6 Å². The van der Waals surface area contributed by atoms with Crippen LogP contribution in [0.4, 0.5) is 10.7 Å². The smallest absolute Gasteiger partial charge is 0.290 e. The van der Waals surface area contributed by atoms with Gasteiger partial charge >= 0.3 is 0 Å². The maximum Gasteiger partial charge on any atom is 0.290 e. The van der Waals surface area contributed by atoms with Gasteiger partial charge in [-0.1, -0.05) is 18.2 Å². The van der Waals surface area contributed by atoms with Crippen LogP contribution in [-0.2, 0) is 11.3 Å². The zero-order valence-corrected chi connectivity index (χ0v) is 20.2. The highest BCUT2D eigenvalue weighted by atomic mass is 32.2. The van der Waals surface area contributed by atoms with Crippen LogP contribution in [0.2, 0.25) is 0 Å². The Bertz CT molecular complexity index is 1290. The van der Waals surface area contributed by atoms with Gasteiger partial charge in [0.1, 0.15) is 5.75 Å². The summed E-state index contributed by atoms with van der Waals surface area (Å²) in [5.74, 6) is 1.03. The largest absolute Gasteiger partial charge is 0.497 e. The third-order valence-electron chi connectivity index (χ3n) is 6.37. The third kappa shape index (κ3) is 5.80. The number of hydrogen-bond acceptors (Lipinski definition) is 8. The van der Waals surface area contributed by atoms with Crippen LogP contribution in [0.1, 0.15) is 36.9 Å². The molecule has 0 radical (unpaired) electrons. The summed E-state index contributed by atoms with van der Waals surface area (Å²) in [4.78, 5) is 32.3. The Hall–Kier alpha value is -3.43. The molecule has 5 rings (SSSR count). The highest BCUT2D eigenvalue weighted by Gasteiger charge is 2.25. The minimum Gasteiger partial charge on any atom is -0.497 e. The molecule has 1 saturated heterocycles. The second kappa shape index (κ2) is 10.5. The number of amides is 2. The van der Waals surface area contributed by atoms with Gasteiger partial charge < -0.3 is 15.4 Å². The van der Waals surface area contributed by atoms with Gasteiger partial charge in [-0.25, -0.2) is 9.97 Å². The Kier molecular flexibility index (Phi) is 6.96. The fourth-order valence-corrected chi connectivity index (χ4v) is 5.14. The van der Waals surface area contributed by atoms with Gasteiger partial charge in [0.05, 0.1) is 17.7 Å². The predicted molar refractivity (Wildman–Crippen MR) is 138 cm³/mol. The molecule has 0 spiro atoms. The van der Waals surface area contributed by atoms with Gasteiger partial charge in [0.15, 0.2) is 0 Å². The van der Waals surface area contributed by atoms with Crippen LogP contribution in [0.25, 0.3) is 16.8 Å². The van der Waals surface area contributed by atoms with Crippen molar-refractivity contribution in [3.05, 3.63) is 64.8 Å². The molecule has 1 aliphatic carbocycles. The minimum absolute atomic E-state index is 0.303. The van der Waals surface area contributed by atoms with E-state index in [1.54, 1.807) is 25.4 Å². The first-order valence-electron chi connectivity index (χ1n) is 11.7. The van der Waals surface area contributed by atoms with Crippen LogP contribution in [0, 0.1) is 0 Å². The number of aromatic nitrogens is 2. The van der Waals surface area contributed by atoms with E-state index in [2.05, 4.69) is 56.3 Å². The van der Waals surface area contributed by atoms with Gasteiger partial charge in [-0.05, 0) is 84.1 Å². The van der Waals surface area contributed by atoms with Crippen molar-refractivity contribution in [1.82, 2.24) is 20.6 Å². The van der Waals surface area contributed by atoms with E-state index in [9.17, 15) is 9.59 Å². The molecular formula is C26H27N5O3S. The van der Waals surface area contributed by atoms with Crippen LogP contribution in [-0.4, -0.2) is 40.3 Å². The number of imide groups is 1. The van der Waals surface area contributed by atoms with Crippen molar-refractivity contribution in [3.8, 4) is 5.75 Å². The number of anilines is 1. The van der Waals surface area contributed by atoms with E-state index in [4.69, 9.17) is 4.74 Å². The van der Waals surface area contributed by atoms with Crippen molar-refractivity contribution in [2.45, 2.75) is 44.3 Å². The molecule has 2 amide bonds. The molecule has 8 nitrogen and oxygen atoms in total. The van der Waals surface area contributed by atoms with Crippen LogP contribution in [0.5, 0.6) is 5.75 Å². The van der Waals surface area contributed by atoms with Crippen LogP contribution in [0.15, 0.2) is 53.6 Å². The van der Waals surface area contributed by atoms with Gasteiger partial charge in [-0.2, -0.15) is 0 Å². The SMILES string of the molecule is COc1ccc2cc(CNC3CCC(Nc4nccc(/C=C5/SC(=O)NC5=O)n4)CC3)ccc2c1. The van der Waals surface area contributed by atoms with E-state index in [1.165, 1.54) is 16.3 Å². The van der Waals surface area contributed by atoms with Crippen molar-refractivity contribution < 1.29 is 14.3 Å². The van der Waals surface area contributed by atoms with Crippen molar-refractivity contribution in [2.24, 2.45) is 0 Å². The lowest BCUT2D eigenvalue weighted by atomic mass is 9.91. The van der Waals surface area contributed by atoms with Crippen LogP contribution < -0.4 is 20.7 Å². The number of carbonyl (C=O) groups excluding carboxylic acids is 2. The van der Waals surface area contributed by atoms with E-state index in [0.717, 1.165) is 49.7 Å². The number of thioether (sulfide) groups is 1. The number of carbonyl (C=O) groups is 2. The molecule has 0 bridgehead atoms. The highest BCUT2D eigenvalue weighted by Crippen LogP contribution is 2.26. The summed E-state index contributed by atoms with van der Waals surface area (Å²) in [6.07, 6.45) is 7.47. The molecule has 9 heteroatoms. The summed E-state index contributed by atoms with van der Waals surface area (Å²) in [5, 5.41) is 11.4. The Morgan fingerprint density at radius 1 is 1.06 bits per heavy atom. The van der Waals surface area contributed by atoms with Crippen molar-refractivity contribution in [1.29, 1.82) is 0 Å². The normalized spacial score (nSPS) is 21.3. The number of rotatable bonds is 7. The number of nitrogens with zero attached hydrogens (tertiary/aromatic N) is 2. The first-order valence-corrected chi connectivity index (χ1v) is 12.5. The molecular weight excluding hydrogens is 462 g/mol. The lowest BCUT2D eigenvalue weighted by molar-refractivity contribution is -0.115. The molecule has 180 valence electrons. The van der Waals surface area contributed by atoms with E-state index in [1.807, 2.05) is 6.07 Å². The maximum absolute atomic E-state index is 11.8. The molecule has 1 saturated carbocycles. The number of benzene rings is 2. The lowest BCUT2D eigenvalue weighted by Crippen LogP contribution is -2.36. The molecule has 1 aliphatic heterocycles. The molecule has 2 heterocycles. The molecule has 3 aromatic rings. The molecule has 35 heavy (non-hydrogen) atoms. The van der Waals surface area contributed by atoms with Crippen LogP contribution >= 0.6 is 11.8 Å². The summed E-state index contributed by atoms with van der Waals surface area (Å²) in [6.45, 7) is 0.846. The molecule has 0 atom stereocenters. The van der Waals surface area contributed by atoms with Gasteiger partial charge in [-0.15, -0.1) is 0 Å².